The van der Waals surface area contributed by atoms with Gasteiger partial charge < -0.3 is 0 Å². The Kier molecular flexibility index (Phi) is 4.01. The van der Waals surface area contributed by atoms with Gasteiger partial charge in [-0.2, -0.15) is 11.8 Å². The first-order valence-corrected chi connectivity index (χ1v) is 7.18. The number of nitrogens with one attached hydrogen (secondary N) is 1. The van der Waals surface area contributed by atoms with Crippen LogP contribution in [-0.4, -0.2) is 40.1 Å². The van der Waals surface area contributed by atoms with Crippen LogP contribution in [-0.2, 0) is 0 Å². The molecule has 1 atom stereocenters. The molecule has 0 aliphatic carbocycles. The molecule has 2 fully saturated rings. The number of amides is 1. The van der Waals surface area contributed by atoms with Crippen molar-refractivity contribution in [2.45, 2.75) is 24.5 Å². The molecular formula is C9H16N2OS2. The summed E-state index contributed by atoms with van der Waals surface area (Å²) in [6, 6.07) is 0. The number of hydrazine groups is 1. The number of nitrogens with zero attached hydrogens (tertiary/aromatic N) is 1. The SMILES string of the molecule is O=C(NN1CCCCC1)SCC1CS1. The summed E-state index contributed by atoms with van der Waals surface area (Å²) in [5.41, 5.74) is 2.95. The van der Waals surface area contributed by atoms with Gasteiger partial charge >= 0.3 is 0 Å². The van der Waals surface area contributed by atoms with Crippen molar-refractivity contribution in [3.05, 3.63) is 0 Å². The quantitative estimate of drug-likeness (QED) is 0.754. The molecule has 0 aromatic rings. The Bertz CT molecular complexity index is 203. The molecule has 0 bridgehead atoms. The van der Waals surface area contributed by atoms with Crippen molar-refractivity contribution in [1.29, 1.82) is 0 Å². The maximum atomic E-state index is 11.4. The van der Waals surface area contributed by atoms with Gasteiger partial charge in [0.05, 0.1) is 0 Å². The Hall–Kier alpha value is 0.130. The Morgan fingerprint density at radius 3 is 2.79 bits per heavy atom. The number of rotatable bonds is 3. The third kappa shape index (κ3) is 3.71. The average Bonchev–Trinajstić information content (AvgIpc) is 3.00. The molecule has 2 saturated heterocycles. The number of carbonyl (C=O) groups is 1. The molecule has 14 heavy (non-hydrogen) atoms. The zero-order valence-corrected chi connectivity index (χ0v) is 9.83. The lowest BCUT2D eigenvalue weighted by Gasteiger charge is -2.26. The maximum Gasteiger partial charge on any atom is 0.293 e. The van der Waals surface area contributed by atoms with E-state index in [1.807, 2.05) is 11.8 Å². The van der Waals surface area contributed by atoms with Crippen molar-refractivity contribution in [2.24, 2.45) is 0 Å². The van der Waals surface area contributed by atoms with Gasteiger partial charge in [-0.05, 0) is 12.8 Å². The lowest BCUT2D eigenvalue weighted by molar-refractivity contribution is 0.168. The van der Waals surface area contributed by atoms with Crippen LogP contribution in [0.1, 0.15) is 19.3 Å². The lowest BCUT2D eigenvalue weighted by Crippen LogP contribution is -2.43. The first-order valence-electron chi connectivity index (χ1n) is 5.14. The summed E-state index contributed by atoms with van der Waals surface area (Å²) in [5, 5.41) is 2.92. The largest absolute Gasteiger partial charge is 0.293 e. The molecule has 2 aliphatic rings. The topological polar surface area (TPSA) is 32.3 Å². The Morgan fingerprint density at radius 2 is 2.14 bits per heavy atom. The van der Waals surface area contributed by atoms with Crippen molar-refractivity contribution >= 4 is 28.8 Å². The number of hydrogen-bond donors (Lipinski definition) is 1. The van der Waals surface area contributed by atoms with E-state index in [1.54, 1.807) is 0 Å². The summed E-state index contributed by atoms with van der Waals surface area (Å²) < 4.78 is 0. The number of carbonyl (C=O) groups excluding carboxylic acids is 1. The van der Waals surface area contributed by atoms with Gasteiger partial charge in [0.1, 0.15) is 0 Å². The van der Waals surface area contributed by atoms with Gasteiger partial charge in [0.25, 0.3) is 5.24 Å². The maximum absolute atomic E-state index is 11.4. The molecule has 3 nitrogen and oxygen atoms in total. The van der Waals surface area contributed by atoms with Crippen molar-refractivity contribution in [1.82, 2.24) is 10.4 Å². The van der Waals surface area contributed by atoms with Gasteiger partial charge in [0.2, 0.25) is 0 Å². The lowest BCUT2D eigenvalue weighted by atomic mass is 10.2. The minimum absolute atomic E-state index is 0.124. The summed E-state index contributed by atoms with van der Waals surface area (Å²) in [4.78, 5) is 11.4. The van der Waals surface area contributed by atoms with Crippen LogP contribution in [0.2, 0.25) is 0 Å². The molecule has 1 N–H and O–H groups in total. The highest BCUT2D eigenvalue weighted by Crippen LogP contribution is 2.32. The molecule has 1 amide bonds. The highest BCUT2D eigenvalue weighted by Gasteiger charge is 2.23. The van der Waals surface area contributed by atoms with E-state index in [2.05, 4.69) is 10.4 Å². The van der Waals surface area contributed by atoms with E-state index < -0.39 is 0 Å². The van der Waals surface area contributed by atoms with Crippen LogP contribution < -0.4 is 5.43 Å². The molecule has 80 valence electrons. The van der Waals surface area contributed by atoms with Crippen LogP contribution in [0.25, 0.3) is 0 Å². The van der Waals surface area contributed by atoms with Gasteiger partial charge in [0, 0.05) is 29.8 Å². The second-order valence-corrected chi connectivity index (χ2v) is 6.04. The second kappa shape index (κ2) is 5.28. The first kappa shape index (κ1) is 10.6. The van der Waals surface area contributed by atoms with Crippen LogP contribution in [0.4, 0.5) is 4.79 Å². The van der Waals surface area contributed by atoms with E-state index in [0.29, 0.717) is 0 Å². The fraction of sp³-hybridized carbons (Fsp3) is 0.889. The fourth-order valence-electron chi connectivity index (χ4n) is 1.50. The molecule has 2 aliphatic heterocycles. The van der Waals surface area contributed by atoms with Gasteiger partial charge in [-0.25, -0.2) is 5.01 Å². The highest BCUT2D eigenvalue weighted by molar-refractivity contribution is 8.15. The van der Waals surface area contributed by atoms with Crippen LogP contribution in [0.15, 0.2) is 0 Å². The van der Waals surface area contributed by atoms with Crippen LogP contribution in [0.5, 0.6) is 0 Å². The van der Waals surface area contributed by atoms with Gasteiger partial charge in [-0.3, -0.25) is 10.2 Å². The van der Waals surface area contributed by atoms with E-state index in [0.717, 1.165) is 24.1 Å². The van der Waals surface area contributed by atoms with E-state index in [-0.39, 0.29) is 5.24 Å². The number of hydrogen-bond acceptors (Lipinski definition) is 4. The summed E-state index contributed by atoms with van der Waals surface area (Å²) in [7, 11) is 0. The summed E-state index contributed by atoms with van der Waals surface area (Å²) >= 11 is 3.37. The third-order valence-electron chi connectivity index (χ3n) is 2.41. The minimum Gasteiger partial charge on any atom is -0.280 e. The number of piperidine rings is 1. The molecule has 0 radical (unpaired) electrons. The van der Waals surface area contributed by atoms with Crippen molar-refractivity contribution < 1.29 is 4.79 Å². The van der Waals surface area contributed by atoms with Crippen LogP contribution in [0, 0.1) is 0 Å². The molecular weight excluding hydrogens is 216 g/mol. The second-order valence-electron chi connectivity index (χ2n) is 3.71. The van der Waals surface area contributed by atoms with Gasteiger partial charge in [-0.15, -0.1) is 0 Å². The predicted molar refractivity (Wildman–Crippen MR) is 62.7 cm³/mol. The minimum atomic E-state index is 0.124. The molecule has 0 saturated carbocycles. The zero-order chi connectivity index (χ0) is 9.80. The molecule has 2 heterocycles. The molecule has 1 unspecified atom stereocenters. The fourth-order valence-corrected chi connectivity index (χ4v) is 3.14. The van der Waals surface area contributed by atoms with Crippen molar-refractivity contribution in [2.75, 3.05) is 24.6 Å². The summed E-state index contributed by atoms with van der Waals surface area (Å²) in [6.45, 7) is 2.04. The summed E-state index contributed by atoms with van der Waals surface area (Å²) in [6.07, 6.45) is 3.73. The van der Waals surface area contributed by atoms with E-state index in [4.69, 9.17) is 0 Å². The Morgan fingerprint density at radius 1 is 1.43 bits per heavy atom. The molecule has 0 aromatic carbocycles. The smallest absolute Gasteiger partial charge is 0.280 e. The van der Waals surface area contributed by atoms with E-state index in [1.165, 1.54) is 36.8 Å². The Balaban J connectivity index is 1.59. The zero-order valence-electron chi connectivity index (χ0n) is 8.20. The van der Waals surface area contributed by atoms with Gasteiger partial charge in [-0.1, -0.05) is 18.2 Å². The first-order chi connectivity index (χ1) is 6.84. The molecule has 2 rings (SSSR count). The Labute approximate surface area is 93.3 Å². The van der Waals surface area contributed by atoms with E-state index in [9.17, 15) is 4.79 Å². The van der Waals surface area contributed by atoms with Crippen LogP contribution >= 0.6 is 23.5 Å². The molecule has 5 heteroatoms. The van der Waals surface area contributed by atoms with Crippen molar-refractivity contribution in [3.8, 4) is 0 Å². The monoisotopic (exact) mass is 232 g/mol. The normalized spacial score (nSPS) is 27.3. The molecule has 0 spiro atoms. The standard InChI is InChI=1S/C9H16N2OS2/c12-9(14-7-8-6-13-8)10-11-4-2-1-3-5-11/h8H,1-7H2,(H,10,12). The highest BCUT2D eigenvalue weighted by atomic mass is 32.2. The van der Waals surface area contributed by atoms with Gasteiger partial charge in [0.15, 0.2) is 0 Å². The predicted octanol–water partition coefficient (Wildman–Crippen LogP) is 1.95. The summed E-state index contributed by atoms with van der Waals surface area (Å²) in [5.74, 6) is 2.22. The van der Waals surface area contributed by atoms with Crippen LogP contribution in [0.3, 0.4) is 0 Å². The van der Waals surface area contributed by atoms with Crippen molar-refractivity contribution in [3.63, 3.8) is 0 Å². The number of thioether (sulfide) groups is 2. The van der Waals surface area contributed by atoms with E-state index >= 15 is 0 Å². The average molecular weight is 232 g/mol. The molecule has 0 aromatic heterocycles. The third-order valence-corrected chi connectivity index (χ3v) is 4.51.